The quantitative estimate of drug-likeness (QED) is 0.741. The molecule has 0 amide bonds. The Hall–Kier alpha value is -2.41. The fourth-order valence-corrected chi connectivity index (χ4v) is 3.34. The van der Waals surface area contributed by atoms with Crippen LogP contribution >= 0.6 is 0 Å². The van der Waals surface area contributed by atoms with E-state index in [1.807, 2.05) is 45.2 Å². The lowest BCUT2D eigenvalue weighted by Gasteiger charge is -2.33. The maximum atomic E-state index is 12.6. The summed E-state index contributed by atoms with van der Waals surface area (Å²) in [7, 11) is 0. The van der Waals surface area contributed by atoms with Crippen molar-refractivity contribution in [2.75, 3.05) is 0 Å². The summed E-state index contributed by atoms with van der Waals surface area (Å²) < 4.78 is 5.60. The molecule has 2 aliphatic rings. The van der Waals surface area contributed by atoms with E-state index in [1.54, 1.807) is 0 Å². The second kappa shape index (κ2) is 5.66. The maximum absolute atomic E-state index is 12.6. The highest BCUT2D eigenvalue weighted by Gasteiger charge is 2.38. The molecule has 3 rings (SSSR count). The third-order valence-electron chi connectivity index (χ3n) is 4.45. The predicted molar refractivity (Wildman–Crippen MR) is 88.2 cm³/mol. The molecule has 0 bridgehead atoms. The van der Waals surface area contributed by atoms with E-state index >= 15 is 0 Å². The number of aryl methyl sites for hydroxylation is 1. The number of benzene rings is 1. The molecule has 2 heterocycles. The number of rotatable bonds is 1. The predicted octanol–water partition coefficient (Wildman–Crippen LogP) is 3.79. The van der Waals surface area contributed by atoms with E-state index in [-0.39, 0.29) is 11.9 Å². The summed E-state index contributed by atoms with van der Waals surface area (Å²) in [6.45, 7) is 5.75. The van der Waals surface area contributed by atoms with Crippen molar-refractivity contribution < 1.29 is 9.53 Å². The van der Waals surface area contributed by atoms with Gasteiger partial charge in [0.25, 0.3) is 0 Å². The summed E-state index contributed by atoms with van der Waals surface area (Å²) in [5, 5.41) is 9.10. The summed E-state index contributed by atoms with van der Waals surface area (Å²) >= 11 is 0. The van der Waals surface area contributed by atoms with Crippen LogP contribution in [0.25, 0.3) is 0 Å². The first-order valence-electron chi connectivity index (χ1n) is 7.91. The Labute approximate surface area is 136 Å². The summed E-state index contributed by atoms with van der Waals surface area (Å²) in [5.41, 5.74) is 3.67. The molecule has 23 heavy (non-hydrogen) atoms. The molecular formula is C19H20N2O2. The van der Waals surface area contributed by atoms with Gasteiger partial charge in [0, 0.05) is 18.6 Å². The van der Waals surface area contributed by atoms with E-state index < -0.39 is 5.60 Å². The molecule has 0 saturated carbocycles. The second-order valence-corrected chi connectivity index (χ2v) is 6.81. The van der Waals surface area contributed by atoms with E-state index in [2.05, 4.69) is 11.1 Å². The average Bonchev–Trinajstić information content (AvgIpc) is 2.68. The number of nitrogens with zero attached hydrogens (tertiary/aromatic N) is 2. The van der Waals surface area contributed by atoms with Gasteiger partial charge in [0.2, 0.25) is 0 Å². The minimum atomic E-state index is -0.511. The molecule has 2 aliphatic heterocycles. The highest BCUT2D eigenvalue weighted by Crippen LogP contribution is 2.41. The first-order valence-corrected chi connectivity index (χ1v) is 7.91. The number of aliphatic imine (C=N–C) groups is 1. The van der Waals surface area contributed by atoms with Gasteiger partial charge < -0.3 is 4.74 Å². The highest BCUT2D eigenvalue weighted by atomic mass is 16.6. The van der Waals surface area contributed by atoms with Crippen molar-refractivity contribution in [3.05, 3.63) is 46.2 Å². The Kier molecular flexibility index (Phi) is 3.81. The van der Waals surface area contributed by atoms with Crippen LogP contribution < -0.4 is 0 Å². The Balaban J connectivity index is 2.07. The van der Waals surface area contributed by atoms with Gasteiger partial charge in [0.05, 0.1) is 22.9 Å². The largest absolute Gasteiger partial charge is 0.456 e. The first-order chi connectivity index (χ1) is 10.9. The molecule has 1 unspecified atom stereocenters. The number of cyclic esters (lactones) is 1. The van der Waals surface area contributed by atoms with Crippen molar-refractivity contribution in [2.45, 2.75) is 51.6 Å². The zero-order valence-electron chi connectivity index (χ0n) is 13.7. The SMILES string of the molecule is Cc1cc(C2CCC=NC3=C2C(=O)OC(C)(C)C3)ccc1C#N. The van der Waals surface area contributed by atoms with Crippen LogP contribution in [0.1, 0.15) is 55.7 Å². The van der Waals surface area contributed by atoms with Crippen LogP contribution in [0.3, 0.4) is 0 Å². The van der Waals surface area contributed by atoms with E-state index in [4.69, 9.17) is 10.00 Å². The van der Waals surface area contributed by atoms with Crippen molar-refractivity contribution in [3.8, 4) is 6.07 Å². The second-order valence-electron chi connectivity index (χ2n) is 6.81. The lowest BCUT2D eigenvalue weighted by atomic mass is 9.82. The lowest BCUT2D eigenvalue weighted by Crippen LogP contribution is -2.35. The number of esters is 1. The number of carbonyl (C=O) groups excluding carboxylic acids is 1. The van der Waals surface area contributed by atoms with Crippen LogP contribution in [0.4, 0.5) is 0 Å². The van der Waals surface area contributed by atoms with Crippen LogP contribution in [-0.2, 0) is 9.53 Å². The fourth-order valence-electron chi connectivity index (χ4n) is 3.34. The molecule has 0 saturated heterocycles. The van der Waals surface area contributed by atoms with E-state index in [9.17, 15) is 4.79 Å². The molecule has 1 aromatic rings. The van der Waals surface area contributed by atoms with Gasteiger partial charge in [-0.3, -0.25) is 4.99 Å². The zero-order chi connectivity index (χ0) is 16.6. The molecule has 0 radical (unpaired) electrons. The van der Waals surface area contributed by atoms with Gasteiger partial charge in [-0.2, -0.15) is 5.26 Å². The molecule has 0 N–H and O–H groups in total. The van der Waals surface area contributed by atoms with E-state index in [0.717, 1.165) is 29.7 Å². The summed E-state index contributed by atoms with van der Waals surface area (Å²) in [5.74, 6) is -0.287. The Morgan fingerprint density at radius 3 is 2.87 bits per heavy atom. The number of carbonyl (C=O) groups is 1. The van der Waals surface area contributed by atoms with Crippen molar-refractivity contribution in [3.63, 3.8) is 0 Å². The van der Waals surface area contributed by atoms with Gasteiger partial charge in [-0.25, -0.2) is 4.79 Å². The van der Waals surface area contributed by atoms with Gasteiger partial charge in [-0.05, 0) is 50.8 Å². The Bertz CT molecular complexity index is 766. The molecule has 0 aromatic heterocycles. The average molecular weight is 308 g/mol. The maximum Gasteiger partial charge on any atom is 0.337 e. The standard InChI is InChI=1S/C19H20N2O2/c1-12-9-13(6-7-14(12)11-20)15-5-4-8-21-16-10-19(2,3)23-18(22)17(15)16/h6-9,15H,4-5,10H2,1-3H3. The molecule has 1 aromatic carbocycles. The summed E-state index contributed by atoms with van der Waals surface area (Å²) in [6.07, 6.45) is 4.18. The fraction of sp³-hybridized carbons (Fsp3) is 0.421. The van der Waals surface area contributed by atoms with Crippen LogP contribution in [0.15, 0.2) is 34.5 Å². The summed E-state index contributed by atoms with van der Waals surface area (Å²) in [4.78, 5) is 17.1. The molecule has 4 nitrogen and oxygen atoms in total. The number of ether oxygens (including phenoxy) is 1. The molecule has 0 spiro atoms. The minimum Gasteiger partial charge on any atom is -0.456 e. The molecule has 0 aliphatic carbocycles. The van der Waals surface area contributed by atoms with Crippen molar-refractivity contribution in [1.82, 2.24) is 0 Å². The molecule has 118 valence electrons. The molecule has 1 atom stereocenters. The monoisotopic (exact) mass is 308 g/mol. The smallest absolute Gasteiger partial charge is 0.337 e. The first kappa shape index (κ1) is 15.5. The van der Waals surface area contributed by atoms with Crippen LogP contribution in [0.2, 0.25) is 0 Å². The molecule has 4 heteroatoms. The molecular weight excluding hydrogens is 288 g/mol. The summed E-state index contributed by atoms with van der Waals surface area (Å²) in [6, 6.07) is 7.96. The third-order valence-corrected chi connectivity index (χ3v) is 4.45. The minimum absolute atomic E-state index is 0.0254. The Morgan fingerprint density at radius 1 is 1.39 bits per heavy atom. The van der Waals surface area contributed by atoms with E-state index in [1.165, 1.54) is 0 Å². The van der Waals surface area contributed by atoms with Crippen LogP contribution in [-0.4, -0.2) is 17.8 Å². The highest BCUT2D eigenvalue weighted by molar-refractivity contribution is 5.93. The van der Waals surface area contributed by atoms with Crippen molar-refractivity contribution >= 4 is 12.2 Å². The zero-order valence-corrected chi connectivity index (χ0v) is 13.7. The Morgan fingerprint density at radius 2 is 2.17 bits per heavy atom. The van der Waals surface area contributed by atoms with Gasteiger partial charge in [-0.1, -0.05) is 12.1 Å². The van der Waals surface area contributed by atoms with Crippen molar-refractivity contribution in [1.29, 1.82) is 5.26 Å². The van der Waals surface area contributed by atoms with Crippen LogP contribution in [0, 0.1) is 18.3 Å². The molecule has 0 fully saturated rings. The third kappa shape index (κ3) is 2.92. The van der Waals surface area contributed by atoms with Gasteiger partial charge in [-0.15, -0.1) is 0 Å². The van der Waals surface area contributed by atoms with Gasteiger partial charge >= 0.3 is 5.97 Å². The van der Waals surface area contributed by atoms with Crippen molar-refractivity contribution in [2.24, 2.45) is 4.99 Å². The van der Waals surface area contributed by atoms with Gasteiger partial charge in [0.1, 0.15) is 5.60 Å². The lowest BCUT2D eigenvalue weighted by molar-refractivity contribution is -0.153. The van der Waals surface area contributed by atoms with E-state index in [0.29, 0.717) is 17.6 Å². The number of nitriles is 1. The van der Waals surface area contributed by atoms with Crippen LogP contribution in [0.5, 0.6) is 0 Å². The topological polar surface area (TPSA) is 62.4 Å². The number of hydrogen-bond acceptors (Lipinski definition) is 4. The van der Waals surface area contributed by atoms with Gasteiger partial charge in [0.15, 0.2) is 0 Å². The number of hydrogen-bond donors (Lipinski definition) is 0. The normalized spacial score (nSPS) is 22.9.